The number of amides is 3. The maximum absolute atomic E-state index is 13.1. The highest BCUT2D eigenvalue weighted by molar-refractivity contribution is 7.18. The van der Waals surface area contributed by atoms with Gasteiger partial charge in [-0.3, -0.25) is 19.3 Å². The van der Waals surface area contributed by atoms with Gasteiger partial charge < -0.3 is 10.1 Å². The second-order valence-corrected chi connectivity index (χ2v) is 8.73. The molecule has 1 atom stereocenters. The number of nitrogens with one attached hydrogen (secondary N) is 1. The molecule has 2 aromatic carbocycles. The summed E-state index contributed by atoms with van der Waals surface area (Å²) in [6, 6.07) is 16.8. The van der Waals surface area contributed by atoms with Crippen molar-refractivity contribution in [2.45, 2.75) is 19.6 Å². The Morgan fingerprint density at radius 1 is 1.19 bits per heavy atom. The lowest BCUT2D eigenvalue weighted by molar-refractivity contribution is 0.0642. The topological polar surface area (TPSA) is 99.5 Å². The zero-order valence-electron chi connectivity index (χ0n) is 16.8. The third-order valence-corrected chi connectivity index (χ3v) is 6.01. The summed E-state index contributed by atoms with van der Waals surface area (Å²) in [6.45, 7) is 1.65. The van der Waals surface area contributed by atoms with Crippen LogP contribution < -0.4 is 10.1 Å². The Balaban J connectivity index is 1.57. The number of nitrogens with zero attached hydrogens (tertiary/aromatic N) is 2. The molecule has 0 radical (unpaired) electrons. The number of carbonyl (C=O) groups excluding carboxylic acids is 3. The first-order valence-electron chi connectivity index (χ1n) is 9.58. The van der Waals surface area contributed by atoms with Crippen LogP contribution in [0.5, 0.6) is 5.75 Å². The highest BCUT2D eigenvalue weighted by Crippen LogP contribution is 2.32. The summed E-state index contributed by atoms with van der Waals surface area (Å²) in [5.74, 6) is -0.889. The molecule has 3 aromatic rings. The van der Waals surface area contributed by atoms with E-state index in [2.05, 4.69) is 5.32 Å². The van der Waals surface area contributed by atoms with Gasteiger partial charge in [-0.25, -0.2) is 0 Å². The molecule has 0 spiro atoms. The number of anilines is 1. The molecule has 0 aliphatic carbocycles. The predicted molar refractivity (Wildman–Crippen MR) is 120 cm³/mol. The molecule has 0 saturated heterocycles. The first-order chi connectivity index (χ1) is 15.4. The summed E-state index contributed by atoms with van der Waals surface area (Å²) in [5.41, 5.74) is 1.31. The van der Waals surface area contributed by atoms with Crippen LogP contribution >= 0.6 is 22.9 Å². The van der Waals surface area contributed by atoms with Crippen molar-refractivity contribution in [3.8, 4) is 11.8 Å². The minimum Gasteiger partial charge on any atom is -0.476 e. The van der Waals surface area contributed by atoms with E-state index in [9.17, 15) is 14.4 Å². The standard InChI is InChI=1S/C23H16ClN3O4S/c1-13(11-25)31-15-5-2-4-14(10-15)12-27-22(29)16-6-3-7-17(20(16)23(27)30)26-21(28)18-8-9-19(24)32-18/h2-10,13H,12H2,1H3,(H,26,28). The van der Waals surface area contributed by atoms with Crippen molar-refractivity contribution in [2.24, 2.45) is 0 Å². The molecule has 1 aliphatic rings. The Kier molecular flexibility index (Phi) is 5.95. The zero-order valence-corrected chi connectivity index (χ0v) is 18.4. The third-order valence-electron chi connectivity index (χ3n) is 4.78. The number of ether oxygens (including phenoxy) is 1. The number of imide groups is 1. The van der Waals surface area contributed by atoms with Gasteiger partial charge in [-0.1, -0.05) is 29.8 Å². The Hall–Kier alpha value is -3.67. The van der Waals surface area contributed by atoms with Crippen molar-refractivity contribution in [3.63, 3.8) is 0 Å². The molecule has 0 bridgehead atoms. The molecule has 2 heterocycles. The molecular weight excluding hydrogens is 450 g/mol. The van der Waals surface area contributed by atoms with Gasteiger partial charge in [-0.05, 0) is 48.9 Å². The molecule has 1 N–H and O–H groups in total. The van der Waals surface area contributed by atoms with Crippen molar-refractivity contribution in [3.05, 3.63) is 80.5 Å². The van der Waals surface area contributed by atoms with Gasteiger partial charge in [0.05, 0.1) is 32.6 Å². The number of nitriles is 1. The quantitative estimate of drug-likeness (QED) is 0.530. The highest BCUT2D eigenvalue weighted by Gasteiger charge is 2.37. The number of thiophene rings is 1. The minimum absolute atomic E-state index is 0.0262. The van der Waals surface area contributed by atoms with Gasteiger partial charge in [0.2, 0.25) is 0 Å². The Morgan fingerprint density at radius 3 is 2.69 bits per heavy atom. The lowest BCUT2D eigenvalue weighted by Gasteiger charge is -2.15. The van der Waals surface area contributed by atoms with Crippen molar-refractivity contribution < 1.29 is 19.1 Å². The van der Waals surface area contributed by atoms with E-state index in [4.69, 9.17) is 21.6 Å². The lowest BCUT2D eigenvalue weighted by atomic mass is 10.1. The summed E-state index contributed by atoms with van der Waals surface area (Å²) in [4.78, 5) is 40.1. The van der Waals surface area contributed by atoms with E-state index in [-0.39, 0.29) is 23.4 Å². The third kappa shape index (κ3) is 4.21. The number of fused-ring (bicyclic) bond motifs is 1. The maximum Gasteiger partial charge on any atom is 0.265 e. The van der Waals surface area contributed by atoms with Crippen molar-refractivity contribution >= 4 is 46.3 Å². The number of halogens is 1. The van der Waals surface area contributed by atoms with Gasteiger partial charge in [0, 0.05) is 0 Å². The summed E-state index contributed by atoms with van der Waals surface area (Å²) >= 11 is 7.01. The molecule has 3 amide bonds. The normalized spacial score (nSPS) is 13.5. The van der Waals surface area contributed by atoms with E-state index in [1.54, 1.807) is 61.5 Å². The molecule has 0 fully saturated rings. The van der Waals surface area contributed by atoms with Crippen LogP contribution in [0.15, 0.2) is 54.6 Å². The maximum atomic E-state index is 13.1. The van der Waals surface area contributed by atoms with E-state index in [1.165, 1.54) is 0 Å². The van der Waals surface area contributed by atoms with Gasteiger partial charge in [0.25, 0.3) is 17.7 Å². The van der Waals surface area contributed by atoms with Crippen LogP contribution in [-0.4, -0.2) is 28.7 Å². The van der Waals surface area contributed by atoms with Gasteiger partial charge in [-0.2, -0.15) is 5.26 Å². The molecule has 1 unspecified atom stereocenters. The summed E-state index contributed by atoms with van der Waals surface area (Å²) in [6.07, 6.45) is -0.631. The van der Waals surface area contributed by atoms with E-state index < -0.39 is 23.8 Å². The van der Waals surface area contributed by atoms with E-state index in [0.717, 1.165) is 16.2 Å². The molecule has 160 valence electrons. The molecular formula is C23H16ClN3O4S. The average Bonchev–Trinajstić information content (AvgIpc) is 3.32. The Morgan fingerprint density at radius 2 is 1.97 bits per heavy atom. The summed E-state index contributed by atoms with van der Waals surface area (Å²) in [5, 5.41) is 11.6. The number of hydrogen-bond acceptors (Lipinski definition) is 6. The van der Waals surface area contributed by atoms with E-state index in [0.29, 0.717) is 20.5 Å². The molecule has 4 rings (SSSR count). The SMILES string of the molecule is CC(C#N)Oc1cccc(CN2C(=O)c3cccc(NC(=O)c4ccc(Cl)s4)c3C2=O)c1. The highest BCUT2D eigenvalue weighted by atomic mass is 35.5. The molecule has 1 aromatic heterocycles. The van der Waals surface area contributed by atoms with Crippen LogP contribution in [0.3, 0.4) is 0 Å². The number of carbonyl (C=O) groups is 3. The van der Waals surface area contributed by atoms with Crippen LogP contribution in [0.4, 0.5) is 5.69 Å². The monoisotopic (exact) mass is 465 g/mol. The largest absolute Gasteiger partial charge is 0.476 e. The zero-order chi connectivity index (χ0) is 22.8. The average molecular weight is 466 g/mol. The van der Waals surface area contributed by atoms with Crippen LogP contribution in [0.25, 0.3) is 0 Å². The molecule has 0 saturated carbocycles. The van der Waals surface area contributed by atoms with Gasteiger partial charge in [-0.15, -0.1) is 11.3 Å². The van der Waals surface area contributed by atoms with Crippen molar-refractivity contribution in [1.29, 1.82) is 5.26 Å². The second-order valence-electron chi connectivity index (χ2n) is 7.02. The summed E-state index contributed by atoms with van der Waals surface area (Å²) < 4.78 is 5.96. The van der Waals surface area contributed by atoms with Gasteiger partial charge in [0.15, 0.2) is 6.10 Å². The van der Waals surface area contributed by atoms with E-state index >= 15 is 0 Å². The molecule has 7 nitrogen and oxygen atoms in total. The Bertz CT molecular complexity index is 1280. The lowest BCUT2D eigenvalue weighted by Crippen LogP contribution is -2.29. The predicted octanol–water partition coefficient (Wildman–Crippen LogP) is 4.74. The molecule has 1 aliphatic heterocycles. The van der Waals surface area contributed by atoms with Crippen LogP contribution in [0.2, 0.25) is 4.34 Å². The second kappa shape index (κ2) is 8.83. The van der Waals surface area contributed by atoms with Crippen LogP contribution in [0, 0.1) is 11.3 Å². The number of hydrogen-bond donors (Lipinski definition) is 1. The smallest absolute Gasteiger partial charge is 0.265 e. The van der Waals surface area contributed by atoms with Crippen molar-refractivity contribution in [1.82, 2.24) is 4.90 Å². The van der Waals surface area contributed by atoms with E-state index in [1.807, 2.05) is 6.07 Å². The van der Waals surface area contributed by atoms with Gasteiger partial charge in [0.1, 0.15) is 11.8 Å². The minimum atomic E-state index is -0.631. The molecule has 9 heteroatoms. The first kappa shape index (κ1) is 21.6. The fourth-order valence-electron chi connectivity index (χ4n) is 3.33. The van der Waals surface area contributed by atoms with Crippen LogP contribution in [-0.2, 0) is 6.54 Å². The Labute approximate surface area is 192 Å². The number of rotatable bonds is 6. The molecule has 32 heavy (non-hydrogen) atoms. The fourth-order valence-corrected chi connectivity index (χ4v) is 4.27. The number of benzene rings is 2. The summed E-state index contributed by atoms with van der Waals surface area (Å²) in [7, 11) is 0. The van der Waals surface area contributed by atoms with Gasteiger partial charge >= 0.3 is 0 Å². The van der Waals surface area contributed by atoms with Crippen molar-refractivity contribution in [2.75, 3.05) is 5.32 Å². The van der Waals surface area contributed by atoms with Crippen LogP contribution in [0.1, 0.15) is 42.9 Å². The first-order valence-corrected chi connectivity index (χ1v) is 10.8. The fraction of sp³-hybridized carbons (Fsp3) is 0.130.